The van der Waals surface area contributed by atoms with Crippen LogP contribution in [0.1, 0.15) is 31.4 Å². The lowest BCUT2D eigenvalue weighted by molar-refractivity contribution is -0.132. The lowest BCUT2D eigenvalue weighted by Crippen LogP contribution is -2.47. The molecule has 0 saturated carbocycles. The molecule has 2 heterocycles. The predicted molar refractivity (Wildman–Crippen MR) is 108 cm³/mol. The molecule has 144 valence electrons. The Bertz CT molecular complexity index is 1020. The zero-order chi connectivity index (χ0) is 20.1. The number of hydrogen-bond acceptors (Lipinski definition) is 4. The first-order chi connectivity index (χ1) is 13.3. The molecule has 0 fully saturated rings. The van der Waals surface area contributed by atoms with E-state index in [0.717, 1.165) is 35.1 Å². The molecule has 2 aliphatic rings. The molecular weight excluding hydrogens is 380 g/mol. The van der Waals surface area contributed by atoms with Gasteiger partial charge in [0.25, 0.3) is 0 Å². The van der Waals surface area contributed by atoms with E-state index in [1.807, 2.05) is 31.2 Å². The highest BCUT2D eigenvalue weighted by Gasteiger charge is 2.51. The molecule has 2 aromatic carbocycles. The smallest absolute Gasteiger partial charge is 0.241 e. The summed E-state index contributed by atoms with van der Waals surface area (Å²) in [4.78, 5) is 13.8. The van der Waals surface area contributed by atoms with E-state index in [1.54, 1.807) is 0 Å². The summed E-state index contributed by atoms with van der Waals surface area (Å²) in [5.74, 6) is -1.37. The van der Waals surface area contributed by atoms with E-state index in [9.17, 15) is 13.6 Å². The SMILES string of the molecule is C=C(C)N1CCC2(SC(c3cc(F)ccc3F)=NN2C(C)=O)c2ccccc21. The van der Waals surface area contributed by atoms with Crippen molar-refractivity contribution in [2.75, 3.05) is 11.4 Å². The summed E-state index contributed by atoms with van der Waals surface area (Å²) in [6, 6.07) is 11.0. The molecule has 0 N–H and O–H groups in total. The average Bonchev–Trinajstić information content (AvgIpc) is 3.04. The van der Waals surface area contributed by atoms with Gasteiger partial charge < -0.3 is 4.90 Å². The molecular formula is C21H19F2N3OS. The molecule has 7 heteroatoms. The van der Waals surface area contributed by atoms with Gasteiger partial charge in [-0.15, -0.1) is 0 Å². The molecule has 2 aromatic rings. The first kappa shape index (κ1) is 18.7. The Morgan fingerprint density at radius 3 is 2.68 bits per heavy atom. The highest BCUT2D eigenvalue weighted by molar-refractivity contribution is 8.15. The Hall–Kier alpha value is -2.67. The minimum Gasteiger partial charge on any atom is -0.346 e. The quantitative estimate of drug-likeness (QED) is 0.727. The van der Waals surface area contributed by atoms with Crippen LogP contribution in [0.2, 0.25) is 0 Å². The normalized spacial score (nSPS) is 20.9. The number of allylic oxidation sites excluding steroid dienone is 1. The van der Waals surface area contributed by atoms with Crippen LogP contribution in [-0.2, 0) is 9.67 Å². The van der Waals surface area contributed by atoms with Gasteiger partial charge in [0.2, 0.25) is 5.91 Å². The molecule has 1 atom stereocenters. The van der Waals surface area contributed by atoms with Crippen molar-refractivity contribution >= 4 is 28.4 Å². The number of para-hydroxylation sites is 1. The van der Waals surface area contributed by atoms with Crippen molar-refractivity contribution in [3.8, 4) is 0 Å². The van der Waals surface area contributed by atoms with Crippen LogP contribution in [0.5, 0.6) is 0 Å². The number of anilines is 1. The van der Waals surface area contributed by atoms with E-state index in [4.69, 9.17) is 0 Å². The van der Waals surface area contributed by atoms with Crippen molar-refractivity contribution in [2.24, 2.45) is 5.10 Å². The van der Waals surface area contributed by atoms with Gasteiger partial charge in [-0.25, -0.2) is 13.8 Å². The summed E-state index contributed by atoms with van der Waals surface area (Å²) in [6.07, 6.45) is 0.574. The second-order valence-electron chi connectivity index (χ2n) is 6.90. The fraction of sp³-hybridized carbons (Fsp3) is 0.238. The van der Waals surface area contributed by atoms with Gasteiger partial charge in [-0.1, -0.05) is 36.5 Å². The molecule has 28 heavy (non-hydrogen) atoms. The molecule has 0 saturated heterocycles. The first-order valence-electron chi connectivity index (χ1n) is 8.90. The van der Waals surface area contributed by atoms with Crippen LogP contribution < -0.4 is 4.90 Å². The molecule has 2 aliphatic heterocycles. The average molecular weight is 399 g/mol. The third kappa shape index (κ3) is 2.81. The summed E-state index contributed by atoms with van der Waals surface area (Å²) in [6.45, 7) is 8.05. The summed E-state index contributed by atoms with van der Waals surface area (Å²) in [5, 5.41) is 6.13. The van der Waals surface area contributed by atoms with Crippen molar-refractivity contribution in [1.82, 2.24) is 5.01 Å². The number of thioether (sulfide) groups is 1. The van der Waals surface area contributed by atoms with Crippen LogP contribution in [0.4, 0.5) is 14.5 Å². The molecule has 0 radical (unpaired) electrons. The maximum Gasteiger partial charge on any atom is 0.241 e. The Kier molecular flexibility index (Phi) is 4.50. The number of amides is 1. The van der Waals surface area contributed by atoms with Crippen molar-refractivity contribution < 1.29 is 13.6 Å². The van der Waals surface area contributed by atoms with Crippen molar-refractivity contribution in [1.29, 1.82) is 0 Å². The van der Waals surface area contributed by atoms with Crippen LogP contribution in [0.25, 0.3) is 0 Å². The summed E-state index contributed by atoms with van der Waals surface area (Å²) < 4.78 is 28.1. The monoisotopic (exact) mass is 399 g/mol. The molecule has 0 aromatic heterocycles. The van der Waals surface area contributed by atoms with Gasteiger partial charge >= 0.3 is 0 Å². The van der Waals surface area contributed by atoms with Crippen molar-refractivity contribution in [3.63, 3.8) is 0 Å². The molecule has 1 amide bonds. The highest BCUT2D eigenvalue weighted by atomic mass is 32.2. The molecule has 0 aliphatic carbocycles. The maximum atomic E-state index is 14.4. The van der Waals surface area contributed by atoms with E-state index >= 15 is 0 Å². The zero-order valence-electron chi connectivity index (χ0n) is 15.6. The number of halogens is 2. The van der Waals surface area contributed by atoms with Gasteiger partial charge in [0, 0.05) is 42.4 Å². The van der Waals surface area contributed by atoms with E-state index in [-0.39, 0.29) is 11.5 Å². The lowest BCUT2D eigenvalue weighted by atomic mass is 9.94. The number of hydrazone groups is 1. The third-order valence-electron chi connectivity index (χ3n) is 5.01. The van der Waals surface area contributed by atoms with E-state index in [1.165, 1.54) is 23.7 Å². The molecule has 4 rings (SSSR count). The summed E-state index contributed by atoms with van der Waals surface area (Å²) >= 11 is 1.29. The number of hydrogen-bond donors (Lipinski definition) is 0. The predicted octanol–water partition coefficient (Wildman–Crippen LogP) is 4.82. The zero-order valence-corrected chi connectivity index (χ0v) is 16.4. The van der Waals surface area contributed by atoms with Gasteiger partial charge in [-0.3, -0.25) is 4.79 Å². The fourth-order valence-corrected chi connectivity index (χ4v) is 5.21. The van der Waals surface area contributed by atoms with Gasteiger partial charge in [0.05, 0.1) is 0 Å². The number of rotatable bonds is 2. The topological polar surface area (TPSA) is 35.9 Å². The van der Waals surface area contributed by atoms with E-state index < -0.39 is 16.5 Å². The van der Waals surface area contributed by atoms with Crippen LogP contribution in [0.15, 0.2) is 59.8 Å². The number of carbonyl (C=O) groups excluding carboxylic acids is 1. The molecule has 4 nitrogen and oxygen atoms in total. The van der Waals surface area contributed by atoms with Crippen molar-refractivity contribution in [2.45, 2.75) is 25.1 Å². The number of nitrogens with zero attached hydrogens (tertiary/aromatic N) is 3. The number of fused-ring (bicyclic) bond motifs is 2. The molecule has 1 spiro atoms. The van der Waals surface area contributed by atoms with Gasteiger partial charge in [0.15, 0.2) is 0 Å². The van der Waals surface area contributed by atoms with E-state index in [0.29, 0.717) is 18.0 Å². The first-order valence-corrected chi connectivity index (χ1v) is 9.71. The standard InChI is InChI=1S/C21H19F2N3OS/c1-13(2)25-11-10-21(17-6-4-5-7-19(17)25)26(14(3)27)24-20(28-21)16-12-15(22)8-9-18(16)23/h4-9,12H,1,10-11H2,2-3H3. The highest BCUT2D eigenvalue weighted by Crippen LogP contribution is 2.55. The van der Waals surface area contributed by atoms with Crippen LogP contribution in [0.3, 0.4) is 0 Å². The second-order valence-corrected chi connectivity index (χ2v) is 8.17. The minimum absolute atomic E-state index is 0.0629. The van der Waals surface area contributed by atoms with Gasteiger partial charge in [0.1, 0.15) is 21.5 Å². The fourth-order valence-electron chi connectivity index (χ4n) is 3.77. The largest absolute Gasteiger partial charge is 0.346 e. The van der Waals surface area contributed by atoms with Gasteiger partial charge in [-0.05, 0) is 31.2 Å². The van der Waals surface area contributed by atoms with Crippen LogP contribution in [-0.4, -0.2) is 22.5 Å². The minimum atomic E-state index is -0.803. The molecule has 1 unspecified atom stereocenters. The summed E-state index contributed by atoms with van der Waals surface area (Å²) in [5.41, 5.74) is 2.81. The Morgan fingerprint density at radius 1 is 1.21 bits per heavy atom. The summed E-state index contributed by atoms with van der Waals surface area (Å²) in [7, 11) is 0. The van der Waals surface area contributed by atoms with Crippen molar-refractivity contribution in [3.05, 3.63) is 77.5 Å². The third-order valence-corrected chi connectivity index (χ3v) is 6.44. The second kappa shape index (κ2) is 6.74. The van der Waals surface area contributed by atoms with Gasteiger partial charge in [-0.2, -0.15) is 5.10 Å². The van der Waals surface area contributed by atoms with Crippen LogP contribution >= 0.6 is 11.8 Å². The van der Waals surface area contributed by atoms with Crippen LogP contribution in [0, 0.1) is 11.6 Å². The Morgan fingerprint density at radius 2 is 1.96 bits per heavy atom. The molecule has 0 bridgehead atoms. The number of benzene rings is 2. The van der Waals surface area contributed by atoms with E-state index in [2.05, 4.69) is 16.6 Å². The Balaban J connectivity index is 1.86. The lowest BCUT2D eigenvalue weighted by Gasteiger charge is -2.44. The maximum absolute atomic E-state index is 14.4. The Labute approximate surface area is 166 Å². The number of carbonyl (C=O) groups is 1.